The van der Waals surface area contributed by atoms with Crippen molar-refractivity contribution in [3.05, 3.63) is 97.4 Å². The highest BCUT2D eigenvalue weighted by molar-refractivity contribution is 6.31. The summed E-state index contributed by atoms with van der Waals surface area (Å²) in [5.41, 5.74) is -0.252. The zero-order valence-corrected chi connectivity index (χ0v) is 17.7. The van der Waals surface area contributed by atoms with E-state index in [-0.39, 0.29) is 46.9 Å². The maximum absolute atomic E-state index is 13.9. The second kappa shape index (κ2) is 9.17. The van der Waals surface area contributed by atoms with E-state index in [1.165, 1.54) is 40.0 Å². The number of carbonyl (C=O) groups excluding carboxylic acids is 1. The third-order valence-corrected chi connectivity index (χ3v) is 5.16. The maximum atomic E-state index is 13.9. The molecule has 0 radical (unpaired) electrons. The largest absolute Gasteiger partial charge is 0.350 e. The van der Waals surface area contributed by atoms with Crippen molar-refractivity contribution in [1.82, 2.24) is 24.6 Å². The molecule has 0 aliphatic carbocycles. The second-order valence-corrected chi connectivity index (χ2v) is 7.48. The summed E-state index contributed by atoms with van der Waals surface area (Å²) in [6.45, 7) is 0.251. The number of benzene rings is 2. The Morgan fingerprint density at radius 1 is 1.24 bits per heavy atom. The lowest BCUT2D eigenvalue weighted by Gasteiger charge is -2.08. The van der Waals surface area contributed by atoms with Crippen LogP contribution in [0.5, 0.6) is 0 Å². The van der Waals surface area contributed by atoms with Crippen LogP contribution >= 0.6 is 11.6 Å². The van der Waals surface area contributed by atoms with Crippen molar-refractivity contribution in [2.75, 3.05) is 6.54 Å². The van der Waals surface area contributed by atoms with Gasteiger partial charge in [-0.2, -0.15) is 5.10 Å². The minimum absolute atomic E-state index is 0.0219. The molecule has 0 saturated carbocycles. The van der Waals surface area contributed by atoms with Crippen LogP contribution in [0.1, 0.15) is 15.9 Å². The number of nitro groups is 1. The third kappa shape index (κ3) is 4.58. The lowest BCUT2D eigenvalue weighted by Crippen LogP contribution is -2.28. The molecular weight excluding hydrogens is 455 g/mol. The number of aromatic nitrogens is 4. The first-order valence-electron chi connectivity index (χ1n) is 9.71. The van der Waals surface area contributed by atoms with Gasteiger partial charge < -0.3 is 5.32 Å². The molecule has 0 aliphatic heterocycles. The van der Waals surface area contributed by atoms with Crippen LogP contribution in [0.15, 0.2) is 59.8 Å². The molecular formula is C21H16ClFN6O4. The van der Waals surface area contributed by atoms with Crippen molar-refractivity contribution in [2.24, 2.45) is 0 Å². The molecule has 1 amide bonds. The molecule has 4 aromatic rings. The van der Waals surface area contributed by atoms with Gasteiger partial charge in [-0.15, -0.1) is 0 Å². The second-order valence-electron chi connectivity index (χ2n) is 7.05. The fourth-order valence-electron chi connectivity index (χ4n) is 3.30. The summed E-state index contributed by atoms with van der Waals surface area (Å²) in [6, 6.07) is 9.86. The SMILES string of the molecule is O=C(NCCn1ncc2c(=O)n(Cc3ccccc3F)cnc21)c1cc(Cl)ccc1[N+](=O)[O-]. The predicted molar refractivity (Wildman–Crippen MR) is 118 cm³/mol. The number of fused-ring (bicyclic) bond motifs is 1. The van der Waals surface area contributed by atoms with Crippen LogP contribution < -0.4 is 10.9 Å². The van der Waals surface area contributed by atoms with Gasteiger partial charge in [-0.25, -0.2) is 14.1 Å². The Morgan fingerprint density at radius 3 is 2.79 bits per heavy atom. The Hall–Kier alpha value is -4.12. The van der Waals surface area contributed by atoms with E-state index in [4.69, 9.17) is 11.6 Å². The molecule has 0 saturated heterocycles. The number of nitrogens with one attached hydrogen (secondary N) is 1. The Morgan fingerprint density at radius 2 is 2.03 bits per heavy atom. The minimum Gasteiger partial charge on any atom is -0.350 e. The number of nitrogens with zero attached hydrogens (tertiary/aromatic N) is 5. The summed E-state index contributed by atoms with van der Waals surface area (Å²) in [7, 11) is 0. The number of hydrogen-bond acceptors (Lipinski definition) is 6. The number of hydrogen-bond donors (Lipinski definition) is 1. The fourth-order valence-corrected chi connectivity index (χ4v) is 3.48. The zero-order valence-electron chi connectivity index (χ0n) is 16.9. The van der Waals surface area contributed by atoms with Gasteiger partial charge in [0.05, 0.1) is 24.2 Å². The zero-order chi connectivity index (χ0) is 23.5. The van der Waals surface area contributed by atoms with Crippen LogP contribution in [0.25, 0.3) is 11.0 Å². The highest BCUT2D eigenvalue weighted by atomic mass is 35.5. The molecule has 12 heteroatoms. The summed E-state index contributed by atoms with van der Waals surface area (Å²) in [5, 5.41) is 18.3. The van der Waals surface area contributed by atoms with Crippen LogP contribution in [0, 0.1) is 15.9 Å². The summed E-state index contributed by atoms with van der Waals surface area (Å²) in [4.78, 5) is 39.9. The van der Waals surface area contributed by atoms with Crippen molar-refractivity contribution >= 4 is 34.2 Å². The number of halogens is 2. The topological polar surface area (TPSA) is 125 Å². The lowest BCUT2D eigenvalue weighted by atomic mass is 10.1. The first-order valence-corrected chi connectivity index (χ1v) is 10.1. The van der Waals surface area contributed by atoms with Gasteiger partial charge in [0.1, 0.15) is 23.1 Å². The fraction of sp³-hybridized carbons (Fsp3) is 0.143. The average Bonchev–Trinajstić information content (AvgIpc) is 3.20. The van der Waals surface area contributed by atoms with Crippen LogP contribution in [0.4, 0.5) is 10.1 Å². The molecule has 1 N–H and O–H groups in total. The first-order chi connectivity index (χ1) is 15.8. The standard InChI is InChI=1S/C21H16ClFN6O4/c22-14-5-6-18(29(32)33)15(9-14)20(30)24-7-8-28-19-16(10-26-28)21(31)27(12-25-19)11-13-3-1-2-4-17(13)23/h1-6,9-10,12H,7-8,11H2,(H,24,30). The Labute approximate surface area is 190 Å². The van der Waals surface area contributed by atoms with Crippen molar-refractivity contribution in [2.45, 2.75) is 13.1 Å². The molecule has 4 rings (SSSR count). The molecule has 2 aromatic carbocycles. The molecule has 0 bridgehead atoms. The number of amides is 1. The highest BCUT2D eigenvalue weighted by Gasteiger charge is 2.20. The normalized spacial score (nSPS) is 11.0. The van der Waals surface area contributed by atoms with Gasteiger partial charge in [0.2, 0.25) is 0 Å². The van der Waals surface area contributed by atoms with Crippen molar-refractivity contribution in [3.63, 3.8) is 0 Å². The average molecular weight is 471 g/mol. The monoisotopic (exact) mass is 470 g/mol. The molecule has 0 unspecified atom stereocenters. The van der Waals surface area contributed by atoms with Gasteiger partial charge in [-0.05, 0) is 18.2 Å². The molecule has 0 fully saturated rings. The first kappa shape index (κ1) is 22.1. The molecule has 2 heterocycles. The highest BCUT2D eigenvalue weighted by Crippen LogP contribution is 2.22. The van der Waals surface area contributed by atoms with Crippen LogP contribution in [-0.2, 0) is 13.1 Å². The van der Waals surface area contributed by atoms with Crippen molar-refractivity contribution < 1.29 is 14.1 Å². The van der Waals surface area contributed by atoms with Crippen molar-refractivity contribution in [1.29, 1.82) is 0 Å². The van der Waals surface area contributed by atoms with Crippen LogP contribution in [0.3, 0.4) is 0 Å². The van der Waals surface area contributed by atoms with Crippen LogP contribution in [0.2, 0.25) is 5.02 Å². The Bertz CT molecular complexity index is 1430. The molecule has 0 aliphatic rings. The van der Waals surface area contributed by atoms with E-state index in [1.54, 1.807) is 18.2 Å². The van der Waals surface area contributed by atoms with Gasteiger partial charge in [-0.1, -0.05) is 29.8 Å². The van der Waals surface area contributed by atoms with E-state index < -0.39 is 16.6 Å². The van der Waals surface area contributed by atoms with Gasteiger partial charge >= 0.3 is 0 Å². The minimum atomic E-state index is -0.666. The Balaban J connectivity index is 1.48. The molecule has 0 spiro atoms. The van der Waals surface area contributed by atoms with E-state index in [0.717, 1.165) is 6.07 Å². The summed E-state index contributed by atoms with van der Waals surface area (Å²) in [5.74, 6) is -1.09. The molecule has 33 heavy (non-hydrogen) atoms. The Kier molecular flexibility index (Phi) is 6.13. The van der Waals surface area contributed by atoms with E-state index in [0.29, 0.717) is 11.2 Å². The lowest BCUT2D eigenvalue weighted by molar-refractivity contribution is -0.385. The van der Waals surface area contributed by atoms with E-state index in [2.05, 4.69) is 15.4 Å². The third-order valence-electron chi connectivity index (χ3n) is 4.93. The van der Waals surface area contributed by atoms with Gasteiger partial charge in [0.25, 0.3) is 17.2 Å². The predicted octanol–water partition coefficient (Wildman–Crippen LogP) is 2.77. The van der Waals surface area contributed by atoms with Crippen molar-refractivity contribution in [3.8, 4) is 0 Å². The number of nitro benzene ring substituents is 1. The summed E-state index contributed by atoms with van der Waals surface area (Å²) < 4.78 is 16.6. The van der Waals surface area contributed by atoms with E-state index >= 15 is 0 Å². The molecule has 10 nitrogen and oxygen atoms in total. The van der Waals surface area contributed by atoms with Gasteiger partial charge in [0, 0.05) is 23.2 Å². The molecule has 168 valence electrons. The van der Waals surface area contributed by atoms with Gasteiger partial charge in [0.15, 0.2) is 5.65 Å². The van der Waals surface area contributed by atoms with Gasteiger partial charge in [-0.3, -0.25) is 24.3 Å². The summed E-state index contributed by atoms with van der Waals surface area (Å²) in [6.07, 6.45) is 2.66. The smallest absolute Gasteiger partial charge is 0.282 e. The number of rotatable bonds is 7. The maximum Gasteiger partial charge on any atom is 0.282 e. The van der Waals surface area contributed by atoms with E-state index in [1.807, 2.05) is 0 Å². The van der Waals surface area contributed by atoms with Crippen LogP contribution in [-0.4, -0.2) is 36.7 Å². The quantitative estimate of drug-likeness (QED) is 0.327. The number of carbonyl (C=O) groups is 1. The molecule has 2 aromatic heterocycles. The summed E-state index contributed by atoms with van der Waals surface area (Å²) >= 11 is 5.86. The van der Waals surface area contributed by atoms with E-state index in [9.17, 15) is 24.1 Å². The molecule has 0 atom stereocenters.